The number of rotatable bonds is 0. The molecule has 0 aliphatic heterocycles. The van der Waals surface area contributed by atoms with Gasteiger partial charge in [-0.05, 0) is 4.47 Å². The molecular weight excluding hydrogens is 268 g/mol. The fourth-order valence-corrected chi connectivity index (χ4v) is 0.749. The average molecular weight is 274 g/mol. The minimum atomic E-state index is 0. The molecule has 0 fully saturated rings. The maximum atomic E-state index is 3.74. The molecule has 0 atom stereocenters. The van der Waals surface area contributed by atoms with Crippen molar-refractivity contribution in [2.24, 2.45) is 0 Å². The molecule has 1 aromatic carbocycles. The van der Waals surface area contributed by atoms with E-state index in [1.807, 2.05) is 24.3 Å². The van der Waals surface area contributed by atoms with Crippen molar-refractivity contribution in [3.05, 3.63) is 41.2 Å². The third-order valence-electron chi connectivity index (χ3n) is 0.913. The van der Waals surface area contributed by atoms with Gasteiger partial charge in [0.05, 0.1) is 0 Å². The Hall–Kier alpha value is 0.816. The Labute approximate surface area is 96.4 Å². The zero-order chi connectivity index (χ0) is 5.98. The van der Waals surface area contributed by atoms with Crippen LogP contribution in [0.1, 0.15) is 5.56 Å². The van der Waals surface area contributed by atoms with E-state index in [2.05, 4.69) is 22.9 Å². The first-order valence-corrected chi connectivity index (χ1v) is 3.16. The summed E-state index contributed by atoms with van der Waals surface area (Å²) in [7, 11) is 0. The standard InChI is InChI=1S/C7H6Br.BrH.Mg/c1-6-2-4-7(8)5-3-6;;/h2-5H,1H2;1H;/q-1;;+2/p-1. The van der Waals surface area contributed by atoms with Gasteiger partial charge in [0, 0.05) is 0 Å². The van der Waals surface area contributed by atoms with Gasteiger partial charge in [0.1, 0.15) is 0 Å². The van der Waals surface area contributed by atoms with E-state index in [9.17, 15) is 0 Å². The molecule has 0 saturated carbocycles. The van der Waals surface area contributed by atoms with Gasteiger partial charge in [-0.2, -0.15) is 24.6 Å². The van der Waals surface area contributed by atoms with E-state index >= 15 is 0 Å². The Morgan fingerprint density at radius 2 is 1.50 bits per heavy atom. The van der Waals surface area contributed by atoms with E-state index < -0.39 is 0 Å². The Morgan fingerprint density at radius 1 is 1.10 bits per heavy atom. The van der Waals surface area contributed by atoms with Crippen molar-refractivity contribution in [3.63, 3.8) is 0 Å². The van der Waals surface area contributed by atoms with Gasteiger partial charge in [0.25, 0.3) is 0 Å². The summed E-state index contributed by atoms with van der Waals surface area (Å²) in [5, 5.41) is 0. The summed E-state index contributed by atoms with van der Waals surface area (Å²) in [6.07, 6.45) is 0. The van der Waals surface area contributed by atoms with Gasteiger partial charge in [-0.1, -0.05) is 15.9 Å². The van der Waals surface area contributed by atoms with Crippen LogP contribution in [0.25, 0.3) is 0 Å². The first-order chi connectivity index (χ1) is 3.79. The van der Waals surface area contributed by atoms with E-state index in [4.69, 9.17) is 0 Å². The van der Waals surface area contributed by atoms with Crippen LogP contribution < -0.4 is 17.0 Å². The number of hydrogen-bond donors (Lipinski definition) is 0. The van der Waals surface area contributed by atoms with Crippen molar-refractivity contribution in [3.8, 4) is 0 Å². The minimum absolute atomic E-state index is 0. The molecule has 0 unspecified atom stereocenters. The fourth-order valence-electron chi connectivity index (χ4n) is 0.484. The smallest absolute Gasteiger partial charge is 1.00 e. The van der Waals surface area contributed by atoms with Crippen molar-refractivity contribution in [1.29, 1.82) is 0 Å². The van der Waals surface area contributed by atoms with Crippen LogP contribution in [0.2, 0.25) is 0 Å². The molecule has 0 saturated heterocycles. The van der Waals surface area contributed by atoms with Crippen molar-refractivity contribution >= 4 is 39.0 Å². The Balaban J connectivity index is 0. The van der Waals surface area contributed by atoms with Crippen LogP contribution in [0.3, 0.4) is 0 Å². The largest absolute Gasteiger partial charge is 2.00 e. The maximum Gasteiger partial charge on any atom is 2.00 e. The molecule has 0 aliphatic carbocycles. The molecule has 0 N–H and O–H groups in total. The van der Waals surface area contributed by atoms with Crippen LogP contribution in [0.15, 0.2) is 28.7 Å². The van der Waals surface area contributed by atoms with Crippen molar-refractivity contribution in [1.82, 2.24) is 0 Å². The third kappa shape index (κ3) is 4.60. The zero-order valence-electron chi connectivity index (χ0n) is 5.48. The molecule has 0 spiro atoms. The molecule has 0 aliphatic rings. The first-order valence-electron chi connectivity index (χ1n) is 2.36. The van der Waals surface area contributed by atoms with Crippen molar-refractivity contribution in [2.45, 2.75) is 0 Å². The average Bonchev–Trinajstić information content (AvgIpc) is 1.77. The van der Waals surface area contributed by atoms with Crippen LogP contribution in [0.4, 0.5) is 0 Å². The summed E-state index contributed by atoms with van der Waals surface area (Å²) in [5.74, 6) is 0. The number of halogens is 2. The molecule has 50 valence electrons. The van der Waals surface area contributed by atoms with Gasteiger partial charge < -0.3 is 17.0 Å². The Morgan fingerprint density at radius 3 is 1.80 bits per heavy atom. The molecule has 3 heteroatoms. The summed E-state index contributed by atoms with van der Waals surface area (Å²) < 4.78 is 1.10. The summed E-state index contributed by atoms with van der Waals surface area (Å²) >= 11 is 3.32. The summed E-state index contributed by atoms with van der Waals surface area (Å²) in [5.41, 5.74) is 1.05. The Bertz CT molecular complexity index is 150. The summed E-state index contributed by atoms with van der Waals surface area (Å²) in [4.78, 5) is 0. The molecular formula is C7H6Br2Mg. The van der Waals surface area contributed by atoms with E-state index in [0.29, 0.717) is 0 Å². The van der Waals surface area contributed by atoms with E-state index in [1.165, 1.54) is 0 Å². The predicted octanol–water partition coefficient (Wildman–Crippen LogP) is -0.746. The second-order valence-electron chi connectivity index (χ2n) is 1.63. The summed E-state index contributed by atoms with van der Waals surface area (Å²) in [6.45, 7) is 3.74. The van der Waals surface area contributed by atoms with Gasteiger partial charge in [-0.25, -0.2) is 0 Å². The molecule has 0 heterocycles. The SMILES string of the molecule is [Br-].[CH2-]c1ccc(Br)cc1.[Mg+2]. The van der Waals surface area contributed by atoms with Crippen molar-refractivity contribution < 1.29 is 17.0 Å². The molecule has 0 radical (unpaired) electrons. The van der Waals surface area contributed by atoms with Crippen LogP contribution in [0.5, 0.6) is 0 Å². The van der Waals surface area contributed by atoms with Crippen LogP contribution in [-0.4, -0.2) is 23.1 Å². The minimum Gasteiger partial charge on any atom is -1.00 e. The van der Waals surface area contributed by atoms with Gasteiger partial charge in [0.15, 0.2) is 0 Å². The molecule has 0 amide bonds. The molecule has 0 aromatic heterocycles. The van der Waals surface area contributed by atoms with Gasteiger partial charge in [-0.15, -0.1) is 12.1 Å². The quantitative estimate of drug-likeness (QED) is 0.431. The van der Waals surface area contributed by atoms with Crippen LogP contribution >= 0.6 is 15.9 Å². The topological polar surface area (TPSA) is 0 Å². The normalized spacial score (nSPS) is 7.30. The predicted molar refractivity (Wildman–Crippen MR) is 44.4 cm³/mol. The van der Waals surface area contributed by atoms with E-state index in [1.54, 1.807) is 0 Å². The van der Waals surface area contributed by atoms with E-state index in [-0.39, 0.29) is 40.0 Å². The molecule has 10 heavy (non-hydrogen) atoms. The number of benzene rings is 1. The van der Waals surface area contributed by atoms with Gasteiger partial charge >= 0.3 is 23.1 Å². The van der Waals surface area contributed by atoms with Crippen LogP contribution in [0, 0.1) is 6.92 Å². The van der Waals surface area contributed by atoms with E-state index in [0.717, 1.165) is 10.0 Å². The maximum absolute atomic E-state index is 3.74. The first kappa shape index (κ1) is 13.4. The van der Waals surface area contributed by atoms with Crippen molar-refractivity contribution in [2.75, 3.05) is 0 Å². The zero-order valence-corrected chi connectivity index (χ0v) is 10.1. The van der Waals surface area contributed by atoms with Crippen LogP contribution in [-0.2, 0) is 0 Å². The number of hydrogen-bond acceptors (Lipinski definition) is 0. The second-order valence-corrected chi connectivity index (χ2v) is 2.54. The monoisotopic (exact) mass is 272 g/mol. The summed E-state index contributed by atoms with van der Waals surface area (Å²) in [6, 6.07) is 7.87. The molecule has 1 rings (SSSR count). The molecule has 0 bridgehead atoms. The Kier molecular flexibility index (Phi) is 8.74. The molecule has 1 aromatic rings. The fraction of sp³-hybridized carbons (Fsp3) is 0. The van der Waals surface area contributed by atoms with Gasteiger partial charge in [-0.3, -0.25) is 0 Å². The third-order valence-corrected chi connectivity index (χ3v) is 1.44. The molecule has 0 nitrogen and oxygen atoms in total. The second kappa shape index (κ2) is 6.52. The van der Waals surface area contributed by atoms with Gasteiger partial charge in [0.2, 0.25) is 0 Å².